The van der Waals surface area contributed by atoms with E-state index in [1.54, 1.807) is 6.33 Å². The maximum absolute atomic E-state index is 5.36. The summed E-state index contributed by atoms with van der Waals surface area (Å²) in [5.41, 5.74) is 0. The topological polar surface area (TPSA) is 47.0 Å². The van der Waals surface area contributed by atoms with Crippen LogP contribution in [0.5, 0.6) is 0 Å². The molecule has 0 amide bonds. The van der Waals surface area contributed by atoms with E-state index in [0.29, 0.717) is 5.25 Å². The van der Waals surface area contributed by atoms with Crippen LogP contribution in [0, 0.1) is 0 Å². The van der Waals surface area contributed by atoms with Gasteiger partial charge in [-0.05, 0) is 19.3 Å². The SMILES string of the molecule is CCCNc1cc(SC2CCOCC2)ncn1. The zero-order valence-corrected chi connectivity index (χ0v) is 11.0. The van der Waals surface area contributed by atoms with Crippen LogP contribution in [0.25, 0.3) is 0 Å². The molecular formula is C12H19N3OS. The molecule has 1 aromatic rings. The zero-order chi connectivity index (χ0) is 11.9. The van der Waals surface area contributed by atoms with Crippen molar-refractivity contribution in [2.24, 2.45) is 0 Å². The van der Waals surface area contributed by atoms with Gasteiger partial charge in [0, 0.05) is 31.1 Å². The average Bonchev–Trinajstić information content (AvgIpc) is 2.38. The highest BCUT2D eigenvalue weighted by Gasteiger charge is 2.15. The first kappa shape index (κ1) is 12.6. The van der Waals surface area contributed by atoms with Crippen molar-refractivity contribution < 1.29 is 4.74 Å². The highest BCUT2D eigenvalue weighted by atomic mass is 32.2. The molecule has 0 unspecified atom stereocenters. The Hall–Kier alpha value is -0.810. The molecule has 2 rings (SSSR count). The molecule has 0 atom stereocenters. The molecule has 0 radical (unpaired) electrons. The van der Waals surface area contributed by atoms with Gasteiger partial charge in [0.25, 0.3) is 0 Å². The Labute approximate surface area is 107 Å². The van der Waals surface area contributed by atoms with Gasteiger partial charge in [0.05, 0.1) is 0 Å². The van der Waals surface area contributed by atoms with Crippen LogP contribution in [-0.2, 0) is 4.74 Å². The van der Waals surface area contributed by atoms with Gasteiger partial charge >= 0.3 is 0 Å². The molecular weight excluding hydrogens is 234 g/mol. The summed E-state index contributed by atoms with van der Waals surface area (Å²) in [7, 11) is 0. The van der Waals surface area contributed by atoms with Gasteiger partial charge in [0.2, 0.25) is 0 Å². The van der Waals surface area contributed by atoms with Crippen LogP contribution in [0.15, 0.2) is 17.4 Å². The molecule has 4 nitrogen and oxygen atoms in total. The van der Waals surface area contributed by atoms with Crippen LogP contribution in [0.2, 0.25) is 0 Å². The third-order valence-corrected chi connectivity index (χ3v) is 3.92. The van der Waals surface area contributed by atoms with Gasteiger partial charge < -0.3 is 10.1 Å². The first-order chi connectivity index (χ1) is 8.38. The molecule has 1 aliphatic heterocycles. The second-order valence-corrected chi connectivity index (χ2v) is 5.42. The van der Waals surface area contributed by atoms with Crippen molar-refractivity contribution in [3.8, 4) is 0 Å². The Morgan fingerprint density at radius 1 is 1.41 bits per heavy atom. The van der Waals surface area contributed by atoms with Crippen molar-refractivity contribution in [1.29, 1.82) is 0 Å². The van der Waals surface area contributed by atoms with E-state index in [2.05, 4.69) is 22.2 Å². The minimum absolute atomic E-state index is 0.637. The molecule has 17 heavy (non-hydrogen) atoms. The lowest BCUT2D eigenvalue weighted by Gasteiger charge is -2.20. The Morgan fingerprint density at radius 2 is 2.24 bits per heavy atom. The number of nitrogens with zero attached hydrogens (tertiary/aromatic N) is 2. The molecule has 1 saturated heterocycles. The second-order valence-electron chi connectivity index (χ2n) is 4.10. The van der Waals surface area contributed by atoms with Gasteiger partial charge in [-0.15, -0.1) is 11.8 Å². The standard InChI is InChI=1S/C12H19N3OS/c1-2-5-13-11-8-12(15-9-14-11)17-10-3-6-16-7-4-10/h8-10H,2-7H2,1H3,(H,13,14,15). The van der Waals surface area contributed by atoms with Crippen LogP contribution in [-0.4, -0.2) is 35.0 Å². The Kier molecular flexibility index (Phi) is 5.07. The van der Waals surface area contributed by atoms with Crippen LogP contribution >= 0.6 is 11.8 Å². The van der Waals surface area contributed by atoms with E-state index in [9.17, 15) is 0 Å². The van der Waals surface area contributed by atoms with Crippen LogP contribution in [0.4, 0.5) is 5.82 Å². The van der Waals surface area contributed by atoms with Gasteiger partial charge in [0.1, 0.15) is 17.2 Å². The average molecular weight is 253 g/mol. The minimum atomic E-state index is 0.637. The molecule has 2 heterocycles. The maximum Gasteiger partial charge on any atom is 0.130 e. The van der Waals surface area contributed by atoms with Crippen molar-refractivity contribution in [3.63, 3.8) is 0 Å². The first-order valence-electron chi connectivity index (χ1n) is 6.19. The van der Waals surface area contributed by atoms with Gasteiger partial charge in [0.15, 0.2) is 0 Å². The predicted molar refractivity (Wildman–Crippen MR) is 70.5 cm³/mol. The number of aromatic nitrogens is 2. The smallest absolute Gasteiger partial charge is 0.130 e. The molecule has 94 valence electrons. The fraction of sp³-hybridized carbons (Fsp3) is 0.667. The Balaban J connectivity index is 1.90. The Bertz CT molecular complexity index is 342. The molecule has 1 aliphatic rings. The van der Waals surface area contributed by atoms with E-state index in [0.717, 1.165) is 49.9 Å². The number of ether oxygens (including phenoxy) is 1. The lowest BCUT2D eigenvalue weighted by Crippen LogP contribution is -2.17. The van der Waals surface area contributed by atoms with Gasteiger partial charge in [-0.25, -0.2) is 9.97 Å². The molecule has 0 saturated carbocycles. The zero-order valence-electron chi connectivity index (χ0n) is 10.2. The van der Waals surface area contributed by atoms with Crippen molar-refractivity contribution in [3.05, 3.63) is 12.4 Å². The van der Waals surface area contributed by atoms with Crippen molar-refractivity contribution in [2.45, 2.75) is 36.5 Å². The molecule has 1 fully saturated rings. The van der Waals surface area contributed by atoms with Crippen LogP contribution in [0.1, 0.15) is 26.2 Å². The van der Waals surface area contributed by atoms with Gasteiger partial charge in [-0.3, -0.25) is 0 Å². The third kappa shape index (κ3) is 4.16. The van der Waals surface area contributed by atoms with Gasteiger partial charge in [-0.2, -0.15) is 0 Å². The summed E-state index contributed by atoms with van der Waals surface area (Å²) in [6.07, 6.45) is 4.98. The molecule has 0 aromatic carbocycles. The van der Waals surface area contributed by atoms with E-state index >= 15 is 0 Å². The molecule has 0 spiro atoms. The fourth-order valence-electron chi connectivity index (χ4n) is 1.72. The van der Waals surface area contributed by atoms with E-state index in [4.69, 9.17) is 4.74 Å². The van der Waals surface area contributed by atoms with E-state index in [1.165, 1.54) is 0 Å². The number of anilines is 1. The van der Waals surface area contributed by atoms with Crippen molar-refractivity contribution in [2.75, 3.05) is 25.1 Å². The second kappa shape index (κ2) is 6.81. The number of rotatable bonds is 5. The van der Waals surface area contributed by atoms with Crippen molar-refractivity contribution in [1.82, 2.24) is 9.97 Å². The lowest BCUT2D eigenvalue weighted by atomic mass is 10.2. The number of hydrogen-bond acceptors (Lipinski definition) is 5. The highest BCUT2D eigenvalue weighted by molar-refractivity contribution is 7.99. The first-order valence-corrected chi connectivity index (χ1v) is 7.06. The minimum Gasteiger partial charge on any atom is -0.381 e. The Morgan fingerprint density at radius 3 is 3.00 bits per heavy atom. The van der Waals surface area contributed by atoms with Crippen LogP contribution < -0.4 is 5.32 Å². The highest BCUT2D eigenvalue weighted by Crippen LogP contribution is 2.28. The summed E-state index contributed by atoms with van der Waals surface area (Å²) in [6.45, 7) is 4.86. The normalized spacial score (nSPS) is 17.0. The molecule has 0 bridgehead atoms. The monoisotopic (exact) mass is 253 g/mol. The molecule has 1 aromatic heterocycles. The van der Waals surface area contributed by atoms with E-state index in [-0.39, 0.29) is 0 Å². The molecule has 1 N–H and O–H groups in total. The van der Waals surface area contributed by atoms with Gasteiger partial charge in [-0.1, -0.05) is 6.92 Å². The number of hydrogen-bond donors (Lipinski definition) is 1. The summed E-state index contributed by atoms with van der Waals surface area (Å²) in [4.78, 5) is 8.52. The van der Waals surface area contributed by atoms with Crippen molar-refractivity contribution >= 4 is 17.6 Å². The number of nitrogens with one attached hydrogen (secondary N) is 1. The van der Waals surface area contributed by atoms with E-state index < -0.39 is 0 Å². The number of thioether (sulfide) groups is 1. The lowest BCUT2D eigenvalue weighted by molar-refractivity contribution is 0.1000. The van der Waals surface area contributed by atoms with E-state index in [1.807, 2.05) is 17.8 Å². The quantitative estimate of drug-likeness (QED) is 0.817. The predicted octanol–water partition coefficient (Wildman–Crippen LogP) is 2.57. The van der Waals surface area contributed by atoms with Crippen LogP contribution in [0.3, 0.4) is 0 Å². The molecule has 5 heteroatoms. The maximum atomic E-state index is 5.36. The fourth-order valence-corrected chi connectivity index (χ4v) is 2.78. The summed E-state index contributed by atoms with van der Waals surface area (Å²) in [5.74, 6) is 0.927. The largest absolute Gasteiger partial charge is 0.381 e. The summed E-state index contributed by atoms with van der Waals surface area (Å²) in [5, 5.41) is 4.98. The molecule has 0 aliphatic carbocycles. The third-order valence-electron chi connectivity index (χ3n) is 2.65. The summed E-state index contributed by atoms with van der Waals surface area (Å²) in [6, 6.07) is 2.04. The summed E-state index contributed by atoms with van der Waals surface area (Å²) >= 11 is 1.84. The summed E-state index contributed by atoms with van der Waals surface area (Å²) < 4.78 is 5.36.